The second-order valence-electron chi connectivity index (χ2n) is 12.7. The number of aromatic nitrogens is 4. The Labute approximate surface area is 285 Å². The van der Waals surface area contributed by atoms with E-state index in [0.717, 1.165) is 74.0 Å². The van der Waals surface area contributed by atoms with Crippen LogP contribution in [0.25, 0.3) is 32.0 Å². The van der Waals surface area contributed by atoms with Crippen molar-refractivity contribution >= 4 is 44.7 Å². The molecule has 6 heterocycles. The molecule has 11 heteroatoms. The molecule has 1 fully saturated rings. The third-order valence-electron chi connectivity index (χ3n) is 9.82. The first-order valence-electron chi connectivity index (χ1n) is 16.3. The number of hydrogen-bond acceptors (Lipinski definition) is 8. The number of amides is 1. The molecule has 0 saturated carbocycles. The Kier molecular flexibility index (Phi) is 7.05. The Hall–Kier alpha value is -4.67. The van der Waals surface area contributed by atoms with Crippen LogP contribution < -0.4 is 5.32 Å². The van der Waals surface area contributed by atoms with Gasteiger partial charge in [-0.3, -0.25) is 9.78 Å². The zero-order valence-electron chi connectivity index (χ0n) is 26.1. The van der Waals surface area contributed by atoms with Gasteiger partial charge in [0.2, 0.25) is 11.8 Å². The van der Waals surface area contributed by atoms with Crippen LogP contribution in [0.2, 0.25) is 5.02 Å². The molecule has 240 valence electrons. The van der Waals surface area contributed by atoms with Crippen molar-refractivity contribution in [2.24, 2.45) is 0 Å². The first-order valence-corrected chi connectivity index (χ1v) is 17.5. The maximum absolute atomic E-state index is 14.2. The number of rotatable bonds is 7. The monoisotopic (exact) mass is 676 g/mol. The number of thiophene rings is 1. The maximum atomic E-state index is 14.2. The molecule has 2 aromatic carbocycles. The van der Waals surface area contributed by atoms with Crippen LogP contribution in [0, 0.1) is 12.7 Å². The minimum atomic E-state index is -0.271. The summed E-state index contributed by atoms with van der Waals surface area (Å²) in [4.78, 5) is 27.1. The summed E-state index contributed by atoms with van der Waals surface area (Å²) in [7, 11) is 0. The molecule has 2 atom stereocenters. The summed E-state index contributed by atoms with van der Waals surface area (Å²) in [5, 5.41) is 14.1. The highest BCUT2D eigenvalue weighted by atomic mass is 35.5. The van der Waals surface area contributed by atoms with E-state index in [0.29, 0.717) is 42.3 Å². The van der Waals surface area contributed by atoms with Crippen molar-refractivity contribution in [3.05, 3.63) is 111 Å². The van der Waals surface area contributed by atoms with E-state index in [1.165, 1.54) is 23.3 Å². The van der Waals surface area contributed by atoms with Crippen molar-refractivity contribution in [3.8, 4) is 21.9 Å². The van der Waals surface area contributed by atoms with E-state index in [-0.39, 0.29) is 23.8 Å². The van der Waals surface area contributed by atoms with Crippen LogP contribution >= 0.6 is 22.9 Å². The largest absolute Gasteiger partial charge is 0.421 e. The number of halogens is 2. The lowest BCUT2D eigenvalue weighted by atomic mass is 9.93. The molecule has 0 bridgehead atoms. The van der Waals surface area contributed by atoms with Crippen molar-refractivity contribution in [1.29, 1.82) is 0 Å². The highest BCUT2D eigenvalue weighted by Crippen LogP contribution is 2.50. The van der Waals surface area contributed by atoms with E-state index in [1.807, 2.05) is 29.3 Å². The third kappa shape index (κ3) is 4.88. The topological polar surface area (TPSA) is 97.0 Å². The molecule has 3 aliphatic rings. The first-order chi connectivity index (χ1) is 23.4. The van der Waals surface area contributed by atoms with Gasteiger partial charge in [0.1, 0.15) is 11.6 Å². The third-order valence-corrected chi connectivity index (χ3v) is 11.2. The van der Waals surface area contributed by atoms with Crippen LogP contribution in [-0.2, 0) is 19.3 Å². The summed E-state index contributed by atoms with van der Waals surface area (Å²) >= 11 is 7.98. The van der Waals surface area contributed by atoms with Crippen LogP contribution in [0.1, 0.15) is 75.7 Å². The minimum Gasteiger partial charge on any atom is -0.421 e. The number of pyridine rings is 2. The molecule has 4 aromatic heterocycles. The number of fused-ring (bicyclic) bond motifs is 5. The number of aryl methyl sites for hydroxylation is 4. The number of carbonyl (C=O) groups excluding carboxylic acids is 1. The van der Waals surface area contributed by atoms with Gasteiger partial charge in [-0.25, -0.2) is 9.37 Å². The highest BCUT2D eigenvalue weighted by Gasteiger charge is 2.45. The summed E-state index contributed by atoms with van der Waals surface area (Å²) in [6.07, 6.45) is 6.75. The normalized spacial score (nSPS) is 18.1. The quantitative estimate of drug-likeness (QED) is 0.181. The van der Waals surface area contributed by atoms with Crippen molar-refractivity contribution in [2.75, 3.05) is 11.9 Å². The van der Waals surface area contributed by atoms with E-state index >= 15 is 0 Å². The summed E-state index contributed by atoms with van der Waals surface area (Å²) in [5.74, 6) is 1.28. The average molecular weight is 677 g/mol. The number of nitrogens with zero attached hydrogens (tertiary/aromatic N) is 5. The molecular weight excluding hydrogens is 647 g/mol. The summed E-state index contributed by atoms with van der Waals surface area (Å²) in [5.41, 5.74) is 7.17. The summed E-state index contributed by atoms with van der Waals surface area (Å²) in [6.45, 7) is 2.46. The molecule has 9 rings (SSSR count). The molecule has 48 heavy (non-hydrogen) atoms. The summed E-state index contributed by atoms with van der Waals surface area (Å²) in [6, 6.07) is 16.8. The van der Waals surface area contributed by atoms with Crippen molar-refractivity contribution in [3.63, 3.8) is 0 Å². The summed E-state index contributed by atoms with van der Waals surface area (Å²) < 4.78 is 20.8. The second-order valence-corrected chi connectivity index (χ2v) is 14.2. The van der Waals surface area contributed by atoms with Gasteiger partial charge in [-0.1, -0.05) is 29.8 Å². The fraction of sp³-hybridized carbons (Fsp3) is 0.270. The molecule has 0 radical (unpaired) electrons. The van der Waals surface area contributed by atoms with Gasteiger partial charge in [0, 0.05) is 35.1 Å². The van der Waals surface area contributed by atoms with E-state index in [9.17, 15) is 9.18 Å². The van der Waals surface area contributed by atoms with Crippen LogP contribution in [0.5, 0.6) is 0 Å². The van der Waals surface area contributed by atoms with Gasteiger partial charge in [0.15, 0.2) is 0 Å². The van der Waals surface area contributed by atoms with Crippen molar-refractivity contribution < 1.29 is 13.6 Å². The van der Waals surface area contributed by atoms with Crippen LogP contribution in [0.4, 0.5) is 10.2 Å². The Morgan fingerprint density at radius 1 is 1.04 bits per heavy atom. The van der Waals surface area contributed by atoms with Gasteiger partial charge in [-0.05, 0) is 97.0 Å². The van der Waals surface area contributed by atoms with Gasteiger partial charge >= 0.3 is 0 Å². The molecule has 2 aliphatic heterocycles. The molecule has 0 spiro atoms. The Bertz CT molecular complexity index is 2250. The van der Waals surface area contributed by atoms with E-state index in [2.05, 4.69) is 27.6 Å². The predicted molar refractivity (Wildman–Crippen MR) is 184 cm³/mol. The number of hydrogen-bond donors (Lipinski definition) is 1. The average Bonchev–Trinajstić information content (AvgIpc) is 3.92. The van der Waals surface area contributed by atoms with E-state index in [1.54, 1.807) is 30.4 Å². The Morgan fingerprint density at radius 3 is 2.75 bits per heavy atom. The zero-order valence-corrected chi connectivity index (χ0v) is 27.7. The fourth-order valence-electron chi connectivity index (χ4n) is 7.60. The lowest BCUT2D eigenvalue weighted by Gasteiger charge is -2.16. The van der Waals surface area contributed by atoms with Gasteiger partial charge in [-0.2, -0.15) is 0 Å². The predicted octanol–water partition coefficient (Wildman–Crippen LogP) is 8.68. The van der Waals surface area contributed by atoms with Gasteiger partial charge in [0.25, 0.3) is 5.91 Å². The smallest absolute Gasteiger partial charge is 0.257 e. The van der Waals surface area contributed by atoms with Crippen molar-refractivity contribution in [2.45, 2.75) is 57.5 Å². The van der Waals surface area contributed by atoms with E-state index < -0.39 is 0 Å². The van der Waals surface area contributed by atoms with Crippen LogP contribution in [-0.4, -0.2) is 37.5 Å². The second kappa shape index (κ2) is 11.5. The molecule has 1 amide bonds. The van der Waals surface area contributed by atoms with E-state index in [4.69, 9.17) is 26.0 Å². The lowest BCUT2D eigenvalue weighted by molar-refractivity contribution is 0.0776. The van der Waals surface area contributed by atoms with Crippen molar-refractivity contribution in [1.82, 2.24) is 25.1 Å². The standard InChI is InChI=1S/C37H30ClFN6O2S/c1-19-43-44-36(47-19)30-27(12-6-20-4-10-24(39)11-5-20)41-33-28-3-2-16-45(28)37(46)32(33)31(30)29-17-22-14-15-40-35(34(22)48-29)42-26-13-8-21-7-9-23(38)18-25(21)26/h4-5,7,9-11,14-15,17-18,26,28H,2-3,6,8,12-13,16H2,1H3,(H,40,42)/t26-,28-/m0/s1. The number of benzene rings is 2. The van der Waals surface area contributed by atoms with Gasteiger partial charge < -0.3 is 14.6 Å². The molecule has 6 aromatic rings. The van der Waals surface area contributed by atoms with Crippen LogP contribution in [0.15, 0.2) is 65.2 Å². The number of nitrogens with one attached hydrogen (secondary N) is 1. The zero-order chi connectivity index (χ0) is 32.5. The molecule has 0 unspecified atom stereocenters. The fourth-order valence-corrected chi connectivity index (χ4v) is 8.94. The van der Waals surface area contributed by atoms with Gasteiger partial charge in [-0.15, -0.1) is 21.5 Å². The minimum absolute atomic E-state index is 0.00839. The lowest BCUT2D eigenvalue weighted by Crippen LogP contribution is -2.22. The molecular formula is C37H30ClFN6O2S. The molecule has 1 saturated heterocycles. The molecule has 1 N–H and O–H groups in total. The maximum Gasteiger partial charge on any atom is 0.257 e. The van der Waals surface area contributed by atoms with Crippen LogP contribution in [0.3, 0.4) is 0 Å². The Balaban J connectivity index is 1.21. The van der Waals surface area contributed by atoms with Gasteiger partial charge in [0.05, 0.1) is 39.3 Å². The highest BCUT2D eigenvalue weighted by molar-refractivity contribution is 7.23. The Morgan fingerprint density at radius 2 is 1.92 bits per heavy atom. The number of carbonyl (C=O) groups is 1. The molecule has 1 aliphatic carbocycles. The SMILES string of the molecule is Cc1nnc(-c2c(CCc3ccc(F)cc3)nc3c(c2-c2cc4ccnc(N[C@H]5CCc6ccc(Cl)cc65)c4s2)C(=O)N2CCC[C@@H]32)o1. The first kappa shape index (κ1) is 29.5. The number of anilines is 1. The molecule has 8 nitrogen and oxygen atoms in total.